The molecule has 0 amide bonds. The van der Waals surface area contributed by atoms with Gasteiger partial charge < -0.3 is 9.57 Å². The van der Waals surface area contributed by atoms with Gasteiger partial charge >= 0.3 is 0 Å². The minimum absolute atomic E-state index is 0.136. The largest absolute Gasteiger partial charge is 0.351 e. The van der Waals surface area contributed by atoms with Gasteiger partial charge in [-0.05, 0) is 0 Å². The Morgan fingerprint density at radius 2 is 1.10 bits per heavy atom. The van der Waals surface area contributed by atoms with E-state index in [1.54, 1.807) is 0 Å². The topological polar surface area (TPSA) is 114 Å². The Labute approximate surface area is 174 Å². The fraction of sp³-hybridized carbons (Fsp3) is 1.00. The van der Waals surface area contributed by atoms with Crippen LogP contribution >= 0.6 is 0 Å². The Kier molecular flexibility index (Phi) is 18.6. The summed E-state index contributed by atoms with van der Waals surface area (Å²) in [5, 5.41) is 17.6. The molecule has 0 aliphatic carbocycles. The lowest BCUT2D eigenvalue weighted by molar-refractivity contribution is -0.805. The van der Waals surface area contributed by atoms with Crippen LogP contribution in [0.5, 0.6) is 0 Å². The summed E-state index contributed by atoms with van der Waals surface area (Å²) in [7, 11) is 0. The lowest BCUT2D eigenvalue weighted by atomic mass is 10.0. The number of hydrogen-bond donors (Lipinski definition) is 0. The van der Waals surface area contributed by atoms with E-state index in [0.29, 0.717) is 0 Å². The molecule has 9 heteroatoms. The molecule has 0 spiro atoms. The maximum atomic E-state index is 9.89. The van der Waals surface area contributed by atoms with Crippen molar-refractivity contribution in [1.29, 1.82) is 0 Å². The van der Waals surface area contributed by atoms with E-state index >= 15 is 0 Å². The fourth-order valence-corrected chi connectivity index (χ4v) is 3.21. The van der Waals surface area contributed by atoms with Crippen LogP contribution in [0.25, 0.3) is 0 Å². The van der Waals surface area contributed by atoms with Gasteiger partial charge in [-0.1, -0.05) is 104 Å². The molecule has 0 aromatic rings. The fourth-order valence-electron chi connectivity index (χ4n) is 3.21. The average Bonchev–Trinajstić information content (AvgIpc) is 3.08. The first-order valence-electron chi connectivity index (χ1n) is 11.2. The monoisotopic (exact) mass is 420 g/mol. The molecule has 0 aromatic carbocycles. The molecule has 1 rings (SSSR count). The highest BCUT2D eigenvalue weighted by Gasteiger charge is 2.34. The highest BCUT2D eigenvalue weighted by molar-refractivity contribution is 4.66. The molecule has 2 atom stereocenters. The third kappa shape index (κ3) is 18.1. The van der Waals surface area contributed by atoms with E-state index < -0.39 is 22.6 Å². The van der Waals surface area contributed by atoms with Gasteiger partial charge in [0.15, 0.2) is 6.10 Å². The van der Waals surface area contributed by atoms with E-state index in [-0.39, 0.29) is 13.0 Å². The third-order valence-electron chi connectivity index (χ3n) is 4.86. The number of unbranched alkanes of at least 4 members (excludes halogenated alkanes) is 13. The second-order valence-electron chi connectivity index (χ2n) is 7.47. The molecular weight excluding hydrogens is 380 g/mol. The molecule has 1 heterocycles. The van der Waals surface area contributed by atoms with Gasteiger partial charge in [0.1, 0.15) is 0 Å². The van der Waals surface area contributed by atoms with Gasteiger partial charge in [0, 0.05) is 6.42 Å². The SMILES string of the molecule is CCCCCCCCCCCCCCCC.O=[N+]([O-])OC1CCOC1O[N+](=O)[O-]. The van der Waals surface area contributed by atoms with Gasteiger partial charge in [0.25, 0.3) is 10.2 Å². The molecule has 0 N–H and O–H groups in total. The maximum absolute atomic E-state index is 9.89. The minimum Gasteiger partial charge on any atom is -0.351 e. The van der Waals surface area contributed by atoms with Gasteiger partial charge in [-0.25, -0.2) is 0 Å². The van der Waals surface area contributed by atoms with E-state index in [1.165, 1.54) is 89.9 Å². The minimum atomic E-state index is -1.31. The summed E-state index contributed by atoms with van der Waals surface area (Å²) in [5.41, 5.74) is 0. The standard InChI is InChI=1S/C16H34.C4H6N2O7/c1-3-5-7-9-11-13-15-16-14-12-10-8-6-4-2;7-5(8)12-3-1-2-11-4(3)13-6(9)10/h3-16H2,1-2H3;3-4H,1-2H2. The summed E-state index contributed by atoms with van der Waals surface area (Å²) in [4.78, 5) is 27.8. The van der Waals surface area contributed by atoms with E-state index in [0.717, 1.165) is 0 Å². The number of hydrogen-bond acceptors (Lipinski definition) is 7. The van der Waals surface area contributed by atoms with Crippen LogP contribution < -0.4 is 0 Å². The van der Waals surface area contributed by atoms with Crippen LogP contribution in [0, 0.1) is 20.2 Å². The molecule has 172 valence electrons. The normalized spacial score (nSPS) is 18.0. The lowest BCUT2D eigenvalue weighted by Crippen LogP contribution is -2.31. The van der Waals surface area contributed by atoms with Crippen molar-refractivity contribution < 1.29 is 24.6 Å². The molecule has 29 heavy (non-hydrogen) atoms. The van der Waals surface area contributed by atoms with Crippen LogP contribution in [0.15, 0.2) is 0 Å². The Morgan fingerprint density at radius 1 is 0.724 bits per heavy atom. The lowest BCUT2D eigenvalue weighted by Gasteiger charge is -2.13. The Morgan fingerprint density at radius 3 is 1.45 bits per heavy atom. The molecule has 1 aliphatic heterocycles. The smallest absolute Gasteiger partial charge is 0.297 e. The van der Waals surface area contributed by atoms with E-state index in [2.05, 4.69) is 28.3 Å². The first-order valence-corrected chi connectivity index (χ1v) is 11.2. The number of nitrogens with zero attached hydrogens (tertiary/aromatic N) is 2. The van der Waals surface area contributed by atoms with Gasteiger partial charge in [-0.3, -0.25) is 4.84 Å². The molecule has 0 saturated carbocycles. The molecule has 2 unspecified atom stereocenters. The summed E-state index contributed by atoms with van der Waals surface area (Å²) in [6, 6.07) is 0. The Bertz CT molecular complexity index is 374. The molecule has 0 radical (unpaired) electrons. The highest BCUT2D eigenvalue weighted by atomic mass is 17.0. The van der Waals surface area contributed by atoms with Crippen molar-refractivity contribution in [3.63, 3.8) is 0 Å². The first kappa shape index (κ1) is 27.4. The van der Waals surface area contributed by atoms with Crippen molar-refractivity contribution in [2.75, 3.05) is 6.61 Å². The van der Waals surface area contributed by atoms with Crippen LogP contribution in [0.2, 0.25) is 0 Å². The van der Waals surface area contributed by atoms with E-state index in [4.69, 9.17) is 0 Å². The second-order valence-corrected chi connectivity index (χ2v) is 7.47. The van der Waals surface area contributed by atoms with Crippen LogP contribution in [0.1, 0.15) is 110 Å². The van der Waals surface area contributed by atoms with Crippen molar-refractivity contribution >= 4 is 0 Å². The molecule has 1 saturated heterocycles. The van der Waals surface area contributed by atoms with Gasteiger partial charge in [-0.15, -0.1) is 20.2 Å². The quantitative estimate of drug-likeness (QED) is 0.161. The van der Waals surface area contributed by atoms with Crippen LogP contribution in [0.3, 0.4) is 0 Å². The second kappa shape index (κ2) is 19.7. The summed E-state index contributed by atoms with van der Waals surface area (Å²) in [6.07, 6.45) is 18.3. The number of ether oxygens (including phenoxy) is 1. The van der Waals surface area contributed by atoms with Gasteiger partial charge in [0.05, 0.1) is 6.61 Å². The zero-order valence-electron chi connectivity index (χ0n) is 18.2. The van der Waals surface area contributed by atoms with Crippen molar-refractivity contribution in [2.24, 2.45) is 0 Å². The van der Waals surface area contributed by atoms with Crippen molar-refractivity contribution in [3.05, 3.63) is 20.2 Å². The van der Waals surface area contributed by atoms with Gasteiger partial charge in [0.2, 0.25) is 6.29 Å². The molecule has 0 aromatic heterocycles. The number of rotatable bonds is 17. The van der Waals surface area contributed by atoms with Gasteiger partial charge in [-0.2, -0.15) is 0 Å². The van der Waals surface area contributed by atoms with Crippen molar-refractivity contribution in [1.82, 2.24) is 0 Å². The Hall–Kier alpha value is -1.64. The Balaban J connectivity index is 0.000000551. The zero-order chi connectivity index (χ0) is 21.7. The molecule has 9 nitrogen and oxygen atoms in total. The van der Waals surface area contributed by atoms with Crippen LogP contribution in [-0.4, -0.2) is 29.2 Å². The van der Waals surface area contributed by atoms with E-state index in [1.807, 2.05) is 0 Å². The van der Waals surface area contributed by atoms with Crippen molar-refractivity contribution in [2.45, 2.75) is 123 Å². The predicted molar refractivity (Wildman–Crippen MR) is 110 cm³/mol. The summed E-state index contributed by atoms with van der Waals surface area (Å²) in [6.45, 7) is 4.72. The van der Waals surface area contributed by atoms with E-state index in [9.17, 15) is 20.2 Å². The predicted octanol–water partition coefficient (Wildman–Crippen LogP) is 6.01. The zero-order valence-corrected chi connectivity index (χ0v) is 18.2. The highest BCUT2D eigenvalue weighted by Crippen LogP contribution is 2.18. The van der Waals surface area contributed by atoms with Crippen LogP contribution in [-0.2, 0) is 14.4 Å². The first-order chi connectivity index (χ1) is 14.0. The summed E-state index contributed by atoms with van der Waals surface area (Å²) in [5.74, 6) is 0. The van der Waals surface area contributed by atoms with Crippen molar-refractivity contribution in [3.8, 4) is 0 Å². The molecule has 1 fully saturated rings. The molecular formula is C20H40N2O7. The molecule has 1 aliphatic rings. The van der Waals surface area contributed by atoms with Crippen LogP contribution in [0.4, 0.5) is 0 Å². The average molecular weight is 421 g/mol. The maximum Gasteiger partial charge on any atom is 0.297 e. The third-order valence-corrected chi connectivity index (χ3v) is 4.86. The molecule has 0 bridgehead atoms. The summed E-state index contributed by atoms with van der Waals surface area (Å²) < 4.78 is 4.68. The summed E-state index contributed by atoms with van der Waals surface area (Å²) >= 11 is 0.